The van der Waals surface area contributed by atoms with Crippen molar-refractivity contribution < 1.29 is 0 Å². The lowest BCUT2D eigenvalue weighted by atomic mass is 9.85. The van der Waals surface area contributed by atoms with E-state index >= 15 is 0 Å². The third-order valence-corrected chi connectivity index (χ3v) is 11.9. The number of nitrogens with zero attached hydrogens (tertiary/aromatic N) is 7. The van der Waals surface area contributed by atoms with E-state index in [0.717, 1.165) is 77.9 Å². The normalized spacial score (nSPS) is 10.9. The van der Waals surface area contributed by atoms with Gasteiger partial charge in [0.1, 0.15) is 0 Å². The molecule has 68 heavy (non-hydrogen) atoms. The van der Waals surface area contributed by atoms with E-state index < -0.39 is 0 Å². The molecule has 0 saturated heterocycles. The Kier molecular flexibility index (Phi) is 11.2. The summed E-state index contributed by atoms with van der Waals surface area (Å²) in [6.45, 7) is 0. The molecule has 7 nitrogen and oxygen atoms in total. The van der Waals surface area contributed by atoms with Crippen LogP contribution in [0.1, 0.15) is 5.56 Å². The van der Waals surface area contributed by atoms with Crippen molar-refractivity contribution in [3.8, 4) is 119 Å². The van der Waals surface area contributed by atoms with E-state index in [1.807, 2.05) is 146 Å². The number of benzene rings is 9. The van der Waals surface area contributed by atoms with E-state index in [-0.39, 0.29) is 0 Å². The zero-order valence-corrected chi connectivity index (χ0v) is 36.6. The maximum absolute atomic E-state index is 10.3. The van der Waals surface area contributed by atoms with Crippen molar-refractivity contribution in [2.45, 2.75) is 0 Å². The van der Waals surface area contributed by atoms with Crippen LogP contribution in [-0.4, -0.2) is 29.9 Å². The van der Waals surface area contributed by atoms with E-state index in [1.165, 1.54) is 0 Å². The van der Waals surface area contributed by atoms with Gasteiger partial charge in [0, 0.05) is 38.9 Å². The van der Waals surface area contributed by atoms with Crippen molar-refractivity contribution in [3.05, 3.63) is 242 Å². The minimum atomic E-state index is 0.587. The predicted molar refractivity (Wildman–Crippen MR) is 272 cm³/mol. The highest BCUT2D eigenvalue weighted by Gasteiger charge is 2.19. The molecule has 318 valence electrons. The second-order valence-corrected chi connectivity index (χ2v) is 16.2. The fraction of sp³-hybridized carbons (Fsp3) is 0. The molecular formula is C61H39N7. The van der Waals surface area contributed by atoms with Crippen LogP contribution in [-0.2, 0) is 0 Å². The van der Waals surface area contributed by atoms with Gasteiger partial charge in [-0.05, 0) is 51.1 Å². The van der Waals surface area contributed by atoms with Crippen LogP contribution in [0.5, 0.6) is 0 Å². The summed E-state index contributed by atoms with van der Waals surface area (Å²) in [5, 5.41) is 10.3. The SMILES string of the molecule is N#Cc1ccccc1-c1cccc(-c2ccc(-c3nc(-c4ccccc4)nc(-c4ccccc4)n3)cc2)c1-c1cccc(-c2ccc(-c3nc(-c4ccccc4)nc(-c4ccccc4)n3)cc2)c1. The molecule has 0 atom stereocenters. The van der Waals surface area contributed by atoms with Gasteiger partial charge in [-0.3, -0.25) is 0 Å². The third kappa shape index (κ3) is 8.45. The van der Waals surface area contributed by atoms with Gasteiger partial charge in [-0.1, -0.05) is 224 Å². The van der Waals surface area contributed by atoms with Crippen molar-refractivity contribution in [1.82, 2.24) is 29.9 Å². The Hall–Kier alpha value is -9.51. The van der Waals surface area contributed by atoms with Gasteiger partial charge in [0.15, 0.2) is 34.9 Å². The lowest BCUT2D eigenvalue weighted by Crippen LogP contribution is -2.00. The monoisotopic (exact) mass is 869 g/mol. The fourth-order valence-electron chi connectivity index (χ4n) is 8.48. The molecule has 0 aliphatic rings. The Labute approximate surface area is 394 Å². The summed E-state index contributed by atoms with van der Waals surface area (Å²) in [6.07, 6.45) is 0. The van der Waals surface area contributed by atoms with Crippen molar-refractivity contribution in [2.75, 3.05) is 0 Å². The number of nitriles is 1. The number of hydrogen-bond acceptors (Lipinski definition) is 7. The zero-order valence-electron chi connectivity index (χ0n) is 36.6. The van der Waals surface area contributed by atoms with Crippen LogP contribution < -0.4 is 0 Å². The summed E-state index contributed by atoms with van der Waals surface area (Å²) in [4.78, 5) is 29.6. The molecule has 0 saturated carbocycles. The van der Waals surface area contributed by atoms with Crippen LogP contribution >= 0.6 is 0 Å². The number of rotatable bonds is 10. The van der Waals surface area contributed by atoms with Crippen LogP contribution in [0, 0.1) is 11.3 Å². The summed E-state index contributed by atoms with van der Waals surface area (Å²) >= 11 is 0. The molecule has 0 spiro atoms. The fourth-order valence-corrected chi connectivity index (χ4v) is 8.48. The number of aromatic nitrogens is 6. The van der Waals surface area contributed by atoms with E-state index in [0.29, 0.717) is 40.5 Å². The molecule has 0 N–H and O–H groups in total. The Bertz CT molecular complexity index is 3480. The lowest BCUT2D eigenvalue weighted by Gasteiger charge is -2.18. The summed E-state index contributed by atoms with van der Waals surface area (Å²) in [5.74, 6) is 3.64. The summed E-state index contributed by atoms with van der Waals surface area (Å²) in [5.41, 5.74) is 14.0. The topological polar surface area (TPSA) is 101 Å². The molecule has 0 aliphatic carbocycles. The minimum Gasteiger partial charge on any atom is -0.208 e. The molecule has 0 amide bonds. The molecule has 11 aromatic rings. The standard InChI is InChI=1S/C61H39N7/c62-40-51-25-13-14-28-52(51)54-30-16-29-53(42-33-37-48(38-34-42)61-67-58(45-21-9-3-10-22-45)64-59(68-61)46-23-11-4-12-24-46)55(54)50-27-15-26-49(39-50)41-31-35-47(36-32-41)60-65-56(43-17-5-1-6-18-43)63-57(66-60)44-19-7-2-8-20-44/h1-39H. The van der Waals surface area contributed by atoms with Gasteiger partial charge >= 0.3 is 0 Å². The van der Waals surface area contributed by atoms with Gasteiger partial charge < -0.3 is 0 Å². The predicted octanol–water partition coefficient (Wildman–Crippen LogP) is 14.6. The average Bonchev–Trinajstić information content (AvgIpc) is 3.43. The molecule has 0 bridgehead atoms. The van der Waals surface area contributed by atoms with Crippen molar-refractivity contribution in [1.29, 1.82) is 5.26 Å². The maximum Gasteiger partial charge on any atom is 0.164 e. The van der Waals surface area contributed by atoms with Crippen molar-refractivity contribution in [3.63, 3.8) is 0 Å². The minimum absolute atomic E-state index is 0.587. The van der Waals surface area contributed by atoms with Gasteiger partial charge in [-0.2, -0.15) is 5.26 Å². The maximum atomic E-state index is 10.3. The number of hydrogen-bond donors (Lipinski definition) is 0. The van der Waals surface area contributed by atoms with Crippen LogP contribution in [0.4, 0.5) is 0 Å². The first-order valence-corrected chi connectivity index (χ1v) is 22.3. The molecule has 2 aromatic heterocycles. The highest BCUT2D eigenvalue weighted by atomic mass is 15.0. The Morgan fingerprint density at radius 1 is 0.235 bits per heavy atom. The van der Waals surface area contributed by atoms with Crippen LogP contribution in [0.25, 0.3) is 113 Å². The molecule has 0 unspecified atom stereocenters. The largest absolute Gasteiger partial charge is 0.208 e. The molecular weight excluding hydrogens is 831 g/mol. The van der Waals surface area contributed by atoms with Gasteiger partial charge in [0.05, 0.1) is 11.6 Å². The van der Waals surface area contributed by atoms with Gasteiger partial charge in [0.25, 0.3) is 0 Å². The molecule has 0 aliphatic heterocycles. The highest BCUT2D eigenvalue weighted by Crippen LogP contribution is 2.43. The lowest BCUT2D eigenvalue weighted by molar-refractivity contribution is 1.07. The Balaban J connectivity index is 0.983. The van der Waals surface area contributed by atoms with E-state index in [4.69, 9.17) is 29.9 Å². The van der Waals surface area contributed by atoms with Crippen molar-refractivity contribution >= 4 is 0 Å². The van der Waals surface area contributed by atoms with Crippen LogP contribution in [0.3, 0.4) is 0 Å². The molecule has 2 heterocycles. The highest BCUT2D eigenvalue weighted by molar-refractivity contribution is 5.97. The summed E-state index contributed by atoms with van der Waals surface area (Å²) < 4.78 is 0. The van der Waals surface area contributed by atoms with Crippen molar-refractivity contribution in [2.24, 2.45) is 0 Å². The first-order valence-electron chi connectivity index (χ1n) is 22.3. The quantitative estimate of drug-likeness (QED) is 0.135. The average molecular weight is 870 g/mol. The van der Waals surface area contributed by atoms with E-state index in [2.05, 4.69) is 97.1 Å². The second kappa shape index (κ2) is 18.5. The summed E-state index contributed by atoms with van der Waals surface area (Å²) in [7, 11) is 0. The molecule has 11 rings (SSSR count). The molecule has 0 radical (unpaired) electrons. The smallest absolute Gasteiger partial charge is 0.164 e. The van der Waals surface area contributed by atoms with E-state index in [9.17, 15) is 5.26 Å². The van der Waals surface area contributed by atoms with Crippen LogP contribution in [0.15, 0.2) is 237 Å². The second-order valence-electron chi connectivity index (χ2n) is 16.2. The van der Waals surface area contributed by atoms with Crippen LogP contribution in [0.2, 0.25) is 0 Å². The molecule has 0 fully saturated rings. The van der Waals surface area contributed by atoms with Gasteiger partial charge in [-0.15, -0.1) is 0 Å². The Morgan fingerprint density at radius 3 is 0.985 bits per heavy atom. The first kappa shape index (κ1) is 41.2. The van der Waals surface area contributed by atoms with Gasteiger partial charge in [-0.25, -0.2) is 29.9 Å². The Morgan fingerprint density at radius 2 is 0.544 bits per heavy atom. The van der Waals surface area contributed by atoms with Gasteiger partial charge in [0.2, 0.25) is 0 Å². The molecule has 7 heteroatoms. The molecule has 9 aromatic carbocycles. The van der Waals surface area contributed by atoms with E-state index in [1.54, 1.807) is 0 Å². The third-order valence-electron chi connectivity index (χ3n) is 11.9. The first-order chi connectivity index (χ1) is 33.6. The zero-order chi connectivity index (χ0) is 45.7. The summed E-state index contributed by atoms with van der Waals surface area (Å²) in [6, 6.07) is 81.9.